The van der Waals surface area contributed by atoms with Gasteiger partial charge in [0.2, 0.25) is 0 Å². The molecule has 0 amide bonds. The van der Waals surface area contributed by atoms with Crippen molar-refractivity contribution in [1.82, 2.24) is 5.32 Å². The third kappa shape index (κ3) is 3.24. The highest BCUT2D eigenvalue weighted by Crippen LogP contribution is 2.19. The van der Waals surface area contributed by atoms with E-state index in [1.165, 1.54) is 16.8 Å². The van der Waals surface area contributed by atoms with E-state index in [9.17, 15) is 0 Å². The van der Waals surface area contributed by atoms with Crippen LogP contribution >= 0.6 is 0 Å². The highest BCUT2D eigenvalue weighted by Gasteiger charge is 2.06. The molecular weight excluding hydrogens is 196 g/mol. The molecule has 2 heteroatoms. The number of aryl methyl sites for hydroxylation is 1. The first-order chi connectivity index (χ1) is 7.56. The molecule has 0 radical (unpaired) electrons. The summed E-state index contributed by atoms with van der Waals surface area (Å²) in [6.07, 6.45) is 0. The molecule has 1 aromatic carbocycles. The number of nitrogens with zero attached hydrogens (tertiary/aromatic N) is 1. The molecule has 0 bridgehead atoms. The molecule has 0 saturated carbocycles. The van der Waals surface area contributed by atoms with Gasteiger partial charge >= 0.3 is 0 Å². The second kappa shape index (κ2) is 5.90. The molecule has 1 rings (SSSR count). The summed E-state index contributed by atoms with van der Waals surface area (Å²) >= 11 is 0. The smallest absolute Gasteiger partial charge is 0.0368 e. The maximum Gasteiger partial charge on any atom is 0.0368 e. The molecule has 0 aliphatic carbocycles. The first-order valence-corrected chi connectivity index (χ1v) is 6.09. The average molecular weight is 220 g/mol. The largest absolute Gasteiger partial charge is 0.372 e. The van der Waals surface area contributed by atoms with Gasteiger partial charge in [-0.3, -0.25) is 0 Å². The number of rotatable bonds is 5. The Balaban J connectivity index is 2.82. The standard InChI is InChI=1S/C14H24N2/c1-6-15-10-13-7-8-14(9-12(13)4)16(5)11(2)3/h7-9,11,15H,6,10H2,1-5H3. The van der Waals surface area contributed by atoms with Crippen LogP contribution in [0.3, 0.4) is 0 Å². The van der Waals surface area contributed by atoms with Crippen LogP contribution in [0.2, 0.25) is 0 Å². The fourth-order valence-corrected chi connectivity index (χ4v) is 1.66. The molecule has 0 spiro atoms. The van der Waals surface area contributed by atoms with E-state index in [4.69, 9.17) is 0 Å². The van der Waals surface area contributed by atoms with Gasteiger partial charge in [-0.15, -0.1) is 0 Å². The van der Waals surface area contributed by atoms with Crippen molar-refractivity contribution in [2.45, 2.75) is 40.3 Å². The number of anilines is 1. The van der Waals surface area contributed by atoms with Crippen LogP contribution in [0.15, 0.2) is 18.2 Å². The van der Waals surface area contributed by atoms with E-state index in [0.717, 1.165) is 13.1 Å². The minimum atomic E-state index is 0.541. The number of nitrogens with one attached hydrogen (secondary N) is 1. The Morgan fingerprint density at radius 1 is 1.31 bits per heavy atom. The topological polar surface area (TPSA) is 15.3 Å². The lowest BCUT2D eigenvalue weighted by Gasteiger charge is -2.24. The lowest BCUT2D eigenvalue weighted by molar-refractivity contribution is 0.722. The van der Waals surface area contributed by atoms with E-state index in [-0.39, 0.29) is 0 Å². The van der Waals surface area contributed by atoms with Crippen LogP contribution in [-0.2, 0) is 6.54 Å². The Bertz CT molecular complexity index is 332. The van der Waals surface area contributed by atoms with E-state index in [1.54, 1.807) is 0 Å². The minimum absolute atomic E-state index is 0.541. The molecule has 16 heavy (non-hydrogen) atoms. The lowest BCUT2D eigenvalue weighted by atomic mass is 10.1. The molecule has 0 heterocycles. The van der Waals surface area contributed by atoms with Crippen LogP contribution < -0.4 is 10.2 Å². The van der Waals surface area contributed by atoms with Gasteiger partial charge in [0.1, 0.15) is 0 Å². The summed E-state index contributed by atoms with van der Waals surface area (Å²) in [7, 11) is 2.14. The van der Waals surface area contributed by atoms with E-state index in [2.05, 4.69) is 63.2 Å². The van der Waals surface area contributed by atoms with Gasteiger partial charge in [-0.2, -0.15) is 0 Å². The van der Waals surface area contributed by atoms with Gasteiger partial charge in [-0.05, 0) is 50.6 Å². The fraction of sp³-hybridized carbons (Fsp3) is 0.571. The molecule has 1 N–H and O–H groups in total. The molecule has 0 fully saturated rings. The minimum Gasteiger partial charge on any atom is -0.372 e. The van der Waals surface area contributed by atoms with Crippen LogP contribution in [0.5, 0.6) is 0 Å². The van der Waals surface area contributed by atoms with Gasteiger partial charge in [-0.1, -0.05) is 13.0 Å². The van der Waals surface area contributed by atoms with Crippen LogP contribution in [0.25, 0.3) is 0 Å². The third-order valence-electron chi connectivity index (χ3n) is 3.07. The number of hydrogen-bond donors (Lipinski definition) is 1. The molecule has 2 nitrogen and oxygen atoms in total. The van der Waals surface area contributed by atoms with Crippen molar-refractivity contribution in [2.24, 2.45) is 0 Å². The summed E-state index contributed by atoms with van der Waals surface area (Å²) in [5.74, 6) is 0. The van der Waals surface area contributed by atoms with Crippen molar-refractivity contribution in [3.63, 3.8) is 0 Å². The van der Waals surface area contributed by atoms with Crippen molar-refractivity contribution in [3.05, 3.63) is 29.3 Å². The van der Waals surface area contributed by atoms with Crippen LogP contribution in [0.4, 0.5) is 5.69 Å². The molecule has 0 unspecified atom stereocenters. The first-order valence-electron chi connectivity index (χ1n) is 6.09. The molecule has 0 saturated heterocycles. The molecule has 0 aromatic heterocycles. The SMILES string of the molecule is CCNCc1ccc(N(C)C(C)C)cc1C. The maximum absolute atomic E-state index is 3.36. The molecule has 90 valence electrons. The van der Waals surface area contributed by atoms with Crippen LogP contribution in [0, 0.1) is 6.92 Å². The quantitative estimate of drug-likeness (QED) is 0.820. The summed E-state index contributed by atoms with van der Waals surface area (Å²) in [6, 6.07) is 7.25. The Morgan fingerprint density at radius 3 is 2.50 bits per heavy atom. The zero-order chi connectivity index (χ0) is 12.1. The Hall–Kier alpha value is -1.02. The molecule has 0 aliphatic heterocycles. The summed E-state index contributed by atoms with van der Waals surface area (Å²) in [5, 5.41) is 3.36. The highest BCUT2D eigenvalue weighted by molar-refractivity contribution is 5.50. The summed E-state index contributed by atoms with van der Waals surface area (Å²) in [4.78, 5) is 2.30. The van der Waals surface area contributed by atoms with E-state index in [0.29, 0.717) is 6.04 Å². The zero-order valence-electron chi connectivity index (χ0n) is 11.2. The molecule has 0 atom stereocenters. The molecule has 0 aliphatic rings. The van der Waals surface area contributed by atoms with Gasteiger partial charge in [-0.25, -0.2) is 0 Å². The van der Waals surface area contributed by atoms with Crippen molar-refractivity contribution < 1.29 is 0 Å². The predicted molar refractivity (Wildman–Crippen MR) is 72.1 cm³/mol. The van der Waals surface area contributed by atoms with Gasteiger partial charge in [0.25, 0.3) is 0 Å². The van der Waals surface area contributed by atoms with E-state index in [1.807, 2.05) is 0 Å². The third-order valence-corrected chi connectivity index (χ3v) is 3.07. The van der Waals surface area contributed by atoms with Crippen molar-refractivity contribution in [1.29, 1.82) is 0 Å². The summed E-state index contributed by atoms with van der Waals surface area (Å²) in [6.45, 7) is 10.7. The molecular formula is C14H24N2. The van der Waals surface area contributed by atoms with Crippen LogP contribution in [-0.4, -0.2) is 19.6 Å². The number of benzene rings is 1. The Morgan fingerprint density at radius 2 is 2.00 bits per heavy atom. The first kappa shape index (κ1) is 13.0. The second-order valence-electron chi connectivity index (χ2n) is 4.60. The number of hydrogen-bond acceptors (Lipinski definition) is 2. The highest BCUT2D eigenvalue weighted by atomic mass is 15.1. The molecule has 1 aromatic rings. The van der Waals surface area contributed by atoms with E-state index < -0.39 is 0 Å². The Labute approximate surface area is 99.7 Å². The van der Waals surface area contributed by atoms with Crippen molar-refractivity contribution in [2.75, 3.05) is 18.5 Å². The summed E-state index contributed by atoms with van der Waals surface area (Å²) < 4.78 is 0. The average Bonchev–Trinajstić information content (AvgIpc) is 2.26. The maximum atomic E-state index is 3.36. The van der Waals surface area contributed by atoms with Crippen molar-refractivity contribution in [3.8, 4) is 0 Å². The Kier molecular flexibility index (Phi) is 4.81. The predicted octanol–water partition coefficient (Wildman–Crippen LogP) is 2.95. The van der Waals surface area contributed by atoms with Gasteiger partial charge in [0, 0.05) is 25.3 Å². The van der Waals surface area contributed by atoms with E-state index >= 15 is 0 Å². The van der Waals surface area contributed by atoms with Gasteiger partial charge in [0.05, 0.1) is 0 Å². The van der Waals surface area contributed by atoms with Gasteiger partial charge < -0.3 is 10.2 Å². The normalized spacial score (nSPS) is 10.9. The van der Waals surface area contributed by atoms with Crippen molar-refractivity contribution >= 4 is 5.69 Å². The lowest BCUT2D eigenvalue weighted by Crippen LogP contribution is -2.25. The fourth-order valence-electron chi connectivity index (χ4n) is 1.66. The zero-order valence-corrected chi connectivity index (χ0v) is 11.2. The van der Waals surface area contributed by atoms with Gasteiger partial charge in [0.15, 0.2) is 0 Å². The monoisotopic (exact) mass is 220 g/mol. The summed E-state index contributed by atoms with van der Waals surface area (Å²) in [5.41, 5.74) is 4.06. The second-order valence-corrected chi connectivity index (χ2v) is 4.60. The van der Waals surface area contributed by atoms with Crippen LogP contribution in [0.1, 0.15) is 31.9 Å².